The van der Waals surface area contributed by atoms with E-state index in [9.17, 15) is 14.4 Å². The zero-order valence-corrected chi connectivity index (χ0v) is 14.4. The highest BCUT2D eigenvalue weighted by molar-refractivity contribution is 6.23. The number of hydrogen-bond donors (Lipinski definition) is 2. The van der Waals surface area contributed by atoms with Crippen LogP contribution in [0.1, 0.15) is 25.3 Å². The van der Waals surface area contributed by atoms with Gasteiger partial charge in [-0.3, -0.25) is 9.59 Å². The number of hydrogen-bond acceptors (Lipinski definition) is 3. The first kappa shape index (κ1) is 16.3. The molecular formula is C20H19N3O3. The molecule has 1 aliphatic heterocycles. The van der Waals surface area contributed by atoms with Crippen molar-refractivity contribution in [1.82, 2.24) is 5.32 Å². The van der Waals surface area contributed by atoms with Crippen molar-refractivity contribution in [1.29, 1.82) is 0 Å². The largest absolute Gasteiger partial charge is 0.329 e. The van der Waals surface area contributed by atoms with Crippen molar-refractivity contribution in [2.24, 2.45) is 0 Å². The van der Waals surface area contributed by atoms with Gasteiger partial charge >= 0.3 is 6.03 Å². The molecule has 0 aromatic heterocycles. The van der Waals surface area contributed by atoms with Gasteiger partial charge in [0.05, 0.1) is 16.8 Å². The number of urea groups is 1. The van der Waals surface area contributed by atoms with Crippen LogP contribution in [0, 0.1) is 0 Å². The van der Waals surface area contributed by atoms with Gasteiger partial charge < -0.3 is 10.6 Å². The lowest BCUT2D eigenvalue weighted by atomic mass is 9.95. The van der Waals surface area contributed by atoms with Crippen molar-refractivity contribution < 1.29 is 14.4 Å². The highest BCUT2D eigenvalue weighted by Gasteiger charge is 2.51. The minimum Gasteiger partial charge on any atom is -0.326 e. The van der Waals surface area contributed by atoms with Crippen LogP contribution in [0.2, 0.25) is 0 Å². The van der Waals surface area contributed by atoms with Gasteiger partial charge in [0.25, 0.3) is 5.91 Å². The molecule has 4 rings (SSSR count). The number of nitrogens with one attached hydrogen (secondary N) is 2. The van der Waals surface area contributed by atoms with E-state index in [2.05, 4.69) is 10.6 Å². The van der Waals surface area contributed by atoms with E-state index in [1.165, 1.54) is 0 Å². The quantitative estimate of drug-likeness (QED) is 0.833. The maximum Gasteiger partial charge on any atom is 0.329 e. The summed E-state index contributed by atoms with van der Waals surface area (Å²) in [4.78, 5) is 38.5. The fourth-order valence-electron chi connectivity index (χ4n) is 3.38. The summed E-state index contributed by atoms with van der Waals surface area (Å²) in [7, 11) is 0. The fourth-order valence-corrected chi connectivity index (χ4v) is 3.38. The molecule has 4 amide bonds. The summed E-state index contributed by atoms with van der Waals surface area (Å²) >= 11 is 0. The Morgan fingerprint density at radius 2 is 1.73 bits per heavy atom. The summed E-state index contributed by atoms with van der Waals surface area (Å²) in [6.45, 7) is 1.63. The molecule has 2 aromatic rings. The SMILES string of the molecule is CC1NC(=O)N(c2ccccc2NC(=O)C2(c3ccccc3)CC2)C1=O. The van der Waals surface area contributed by atoms with Crippen molar-refractivity contribution in [3.8, 4) is 0 Å². The van der Waals surface area contributed by atoms with E-state index < -0.39 is 17.5 Å². The average Bonchev–Trinajstić information content (AvgIpc) is 3.41. The molecule has 132 valence electrons. The smallest absolute Gasteiger partial charge is 0.326 e. The number of anilines is 2. The van der Waals surface area contributed by atoms with Crippen LogP contribution in [0.15, 0.2) is 54.6 Å². The summed E-state index contributed by atoms with van der Waals surface area (Å²) in [5.74, 6) is -0.447. The molecule has 1 aliphatic carbocycles. The molecule has 1 heterocycles. The molecule has 2 aliphatic rings. The predicted molar refractivity (Wildman–Crippen MR) is 97.9 cm³/mol. The van der Waals surface area contributed by atoms with E-state index in [0.717, 1.165) is 23.3 Å². The molecule has 2 aromatic carbocycles. The van der Waals surface area contributed by atoms with Crippen molar-refractivity contribution in [3.05, 3.63) is 60.2 Å². The second-order valence-electron chi connectivity index (χ2n) is 6.76. The van der Waals surface area contributed by atoms with E-state index in [0.29, 0.717) is 11.4 Å². The molecule has 0 spiro atoms. The highest BCUT2D eigenvalue weighted by atomic mass is 16.2. The van der Waals surface area contributed by atoms with Crippen LogP contribution in [0.4, 0.5) is 16.2 Å². The Kier molecular flexibility index (Phi) is 3.76. The number of carbonyl (C=O) groups excluding carboxylic acids is 3. The molecule has 1 saturated heterocycles. The Morgan fingerprint density at radius 3 is 2.35 bits per heavy atom. The molecule has 1 saturated carbocycles. The van der Waals surface area contributed by atoms with Crippen molar-refractivity contribution in [2.75, 3.05) is 10.2 Å². The topological polar surface area (TPSA) is 78.5 Å². The third-order valence-electron chi connectivity index (χ3n) is 5.04. The Morgan fingerprint density at radius 1 is 1.08 bits per heavy atom. The first-order chi connectivity index (χ1) is 12.5. The van der Waals surface area contributed by atoms with Gasteiger partial charge in [0, 0.05) is 0 Å². The Balaban J connectivity index is 1.63. The van der Waals surface area contributed by atoms with Crippen molar-refractivity contribution >= 4 is 29.2 Å². The normalized spacial score (nSPS) is 20.7. The molecule has 26 heavy (non-hydrogen) atoms. The molecule has 1 atom stereocenters. The number of carbonyl (C=O) groups is 3. The molecule has 1 unspecified atom stereocenters. The van der Waals surface area contributed by atoms with Gasteiger partial charge in [-0.1, -0.05) is 42.5 Å². The van der Waals surface area contributed by atoms with Crippen molar-refractivity contribution in [3.63, 3.8) is 0 Å². The average molecular weight is 349 g/mol. The lowest BCUT2D eigenvalue weighted by molar-refractivity contribution is -0.119. The van der Waals surface area contributed by atoms with E-state index >= 15 is 0 Å². The predicted octanol–water partition coefficient (Wildman–Crippen LogP) is 2.80. The molecule has 6 heteroatoms. The molecule has 0 bridgehead atoms. The van der Waals surface area contributed by atoms with Crippen molar-refractivity contribution in [2.45, 2.75) is 31.2 Å². The van der Waals surface area contributed by atoms with Crippen LogP contribution in [-0.2, 0) is 15.0 Å². The van der Waals surface area contributed by atoms with Crippen LogP contribution in [0.5, 0.6) is 0 Å². The maximum atomic E-state index is 13.0. The summed E-state index contributed by atoms with van der Waals surface area (Å²) in [6, 6.07) is 15.5. The molecule has 0 radical (unpaired) electrons. The van der Waals surface area contributed by atoms with Gasteiger partial charge in [0.15, 0.2) is 0 Å². The minimum absolute atomic E-state index is 0.115. The van der Waals surface area contributed by atoms with E-state index in [-0.39, 0.29) is 11.8 Å². The maximum absolute atomic E-state index is 13.0. The zero-order valence-electron chi connectivity index (χ0n) is 14.4. The van der Waals surface area contributed by atoms with Gasteiger partial charge in [0.1, 0.15) is 6.04 Å². The molecule has 2 N–H and O–H groups in total. The number of rotatable bonds is 4. The number of para-hydroxylation sites is 2. The summed E-state index contributed by atoms with van der Waals surface area (Å²) in [6.07, 6.45) is 1.57. The van der Waals surface area contributed by atoms with E-state index in [1.807, 2.05) is 30.3 Å². The third-order valence-corrected chi connectivity index (χ3v) is 5.04. The molecular weight excluding hydrogens is 330 g/mol. The van der Waals surface area contributed by atoms with Gasteiger partial charge in [0.2, 0.25) is 5.91 Å². The first-order valence-corrected chi connectivity index (χ1v) is 8.63. The molecule has 2 fully saturated rings. The zero-order chi connectivity index (χ0) is 18.3. The number of benzene rings is 2. The molecule has 6 nitrogen and oxygen atoms in total. The van der Waals surface area contributed by atoms with Gasteiger partial charge in [-0.05, 0) is 37.5 Å². The lowest BCUT2D eigenvalue weighted by Gasteiger charge is -2.20. The summed E-state index contributed by atoms with van der Waals surface area (Å²) in [5.41, 5.74) is 1.30. The first-order valence-electron chi connectivity index (χ1n) is 8.63. The van der Waals surface area contributed by atoms with E-state index in [4.69, 9.17) is 0 Å². The number of imide groups is 1. The van der Waals surface area contributed by atoms with Gasteiger partial charge in [-0.15, -0.1) is 0 Å². The number of amides is 4. The van der Waals surface area contributed by atoms with Crippen LogP contribution in [0.25, 0.3) is 0 Å². The summed E-state index contributed by atoms with van der Waals surface area (Å²) < 4.78 is 0. The second-order valence-corrected chi connectivity index (χ2v) is 6.76. The third kappa shape index (κ3) is 2.54. The number of nitrogens with zero attached hydrogens (tertiary/aromatic N) is 1. The van der Waals surface area contributed by atoms with Crippen LogP contribution in [-0.4, -0.2) is 23.9 Å². The Labute approximate surface area is 151 Å². The van der Waals surface area contributed by atoms with Gasteiger partial charge in [-0.25, -0.2) is 9.69 Å². The van der Waals surface area contributed by atoms with Crippen LogP contribution >= 0.6 is 0 Å². The lowest BCUT2D eigenvalue weighted by Crippen LogP contribution is -2.33. The fraction of sp³-hybridized carbons (Fsp3) is 0.250. The Bertz CT molecular complexity index is 890. The monoisotopic (exact) mass is 349 g/mol. The van der Waals surface area contributed by atoms with Crippen LogP contribution in [0.3, 0.4) is 0 Å². The minimum atomic E-state index is -0.578. The second kappa shape index (κ2) is 5.98. The highest BCUT2D eigenvalue weighted by Crippen LogP contribution is 2.49. The van der Waals surface area contributed by atoms with E-state index in [1.54, 1.807) is 31.2 Å². The van der Waals surface area contributed by atoms with Gasteiger partial charge in [-0.2, -0.15) is 0 Å². The van der Waals surface area contributed by atoms with Crippen LogP contribution < -0.4 is 15.5 Å². The standard InChI is InChI=1S/C20H19N3O3/c1-13-17(24)23(19(26)21-13)16-10-6-5-9-15(16)22-18(25)20(11-12-20)14-7-3-2-4-8-14/h2-10,13H,11-12H2,1H3,(H,21,26)(H,22,25). The summed E-state index contributed by atoms with van der Waals surface area (Å²) in [5, 5.41) is 5.52. The Hall–Kier alpha value is -3.15.